The fourth-order valence-electron chi connectivity index (χ4n) is 3.98. The van der Waals surface area contributed by atoms with Gasteiger partial charge in [0, 0.05) is 13.6 Å². The van der Waals surface area contributed by atoms with Crippen molar-refractivity contribution in [1.82, 2.24) is 4.31 Å². The fourth-order valence-corrected chi connectivity index (χ4v) is 5.20. The predicted molar refractivity (Wildman–Crippen MR) is 81.1 cm³/mol. The first-order chi connectivity index (χ1) is 10.0. The van der Waals surface area contributed by atoms with Crippen LogP contribution in [0, 0.1) is 17.8 Å². The molecule has 1 aromatic carbocycles. The number of hydrogen-bond donors (Lipinski definition) is 1. The Labute approximate surface area is 126 Å². The zero-order chi connectivity index (χ0) is 15.0. The molecule has 0 aromatic heterocycles. The van der Waals surface area contributed by atoms with E-state index in [1.54, 1.807) is 31.3 Å². The first kappa shape index (κ1) is 15.0. The minimum atomic E-state index is -3.42. The van der Waals surface area contributed by atoms with Crippen molar-refractivity contribution in [3.05, 3.63) is 29.8 Å². The zero-order valence-electron chi connectivity index (χ0n) is 12.4. The van der Waals surface area contributed by atoms with Crippen LogP contribution in [0.2, 0.25) is 0 Å². The SMILES string of the molecule is CN(CC1CC2CCC1C2)S(=O)(=O)c1ccc(CO)cc1. The fraction of sp³-hybridized carbons (Fsp3) is 0.625. The van der Waals surface area contributed by atoms with Crippen LogP contribution >= 0.6 is 0 Å². The molecule has 0 saturated heterocycles. The molecule has 1 aromatic rings. The Morgan fingerprint density at radius 1 is 1.19 bits per heavy atom. The maximum Gasteiger partial charge on any atom is 0.242 e. The van der Waals surface area contributed by atoms with E-state index in [0.717, 1.165) is 17.4 Å². The molecule has 3 rings (SSSR count). The highest BCUT2D eigenvalue weighted by Crippen LogP contribution is 2.48. The van der Waals surface area contributed by atoms with Gasteiger partial charge in [0.05, 0.1) is 11.5 Å². The zero-order valence-corrected chi connectivity index (χ0v) is 13.2. The average molecular weight is 309 g/mol. The van der Waals surface area contributed by atoms with E-state index in [1.165, 1.54) is 30.0 Å². The smallest absolute Gasteiger partial charge is 0.242 e. The number of rotatable bonds is 5. The number of nitrogens with zero attached hydrogens (tertiary/aromatic N) is 1. The number of hydrogen-bond acceptors (Lipinski definition) is 3. The van der Waals surface area contributed by atoms with Crippen LogP contribution in [0.1, 0.15) is 31.2 Å². The third-order valence-corrected chi connectivity index (χ3v) is 7.03. The summed E-state index contributed by atoms with van der Waals surface area (Å²) in [4.78, 5) is 0.311. The molecule has 2 saturated carbocycles. The van der Waals surface area contributed by atoms with Crippen molar-refractivity contribution < 1.29 is 13.5 Å². The highest BCUT2D eigenvalue weighted by molar-refractivity contribution is 7.89. The van der Waals surface area contributed by atoms with Crippen LogP contribution in [0.5, 0.6) is 0 Å². The van der Waals surface area contributed by atoms with Crippen molar-refractivity contribution in [1.29, 1.82) is 0 Å². The van der Waals surface area contributed by atoms with Gasteiger partial charge in [-0.3, -0.25) is 0 Å². The van der Waals surface area contributed by atoms with Crippen molar-refractivity contribution in [2.45, 2.75) is 37.2 Å². The standard InChI is InChI=1S/C16H23NO3S/c1-17(10-15-9-13-2-5-14(15)8-13)21(19,20)16-6-3-12(11-18)4-7-16/h3-4,6-7,13-15,18H,2,5,8-11H2,1H3. The van der Waals surface area contributed by atoms with Crippen LogP contribution < -0.4 is 0 Å². The largest absolute Gasteiger partial charge is 0.392 e. The van der Waals surface area contributed by atoms with Crippen LogP contribution in [-0.4, -0.2) is 31.4 Å². The second-order valence-electron chi connectivity index (χ2n) is 6.52. The summed E-state index contributed by atoms with van der Waals surface area (Å²) in [6, 6.07) is 6.49. The third kappa shape index (κ3) is 2.87. The van der Waals surface area contributed by atoms with Crippen LogP contribution in [-0.2, 0) is 16.6 Å². The predicted octanol–water partition coefficient (Wildman–Crippen LogP) is 2.24. The molecule has 1 N–H and O–H groups in total. The van der Waals surface area contributed by atoms with Gasteiger partial charge in [-0.15, -0.1) is 0 Å². The first-order valence-electron chi connectivity index (χ1n) is 7.67. The Morgan fingerprint density at radius 3 is 2.43 bits per heavy atom. The van der Waals surface area contributed by atoms with Crippen LogP contribution in [0.15, 0.2) is 29.2 Å². The minimum Gasteiger partial charge on any atom is -0.392 e. The van der Waals surface area contributed by atoms with Crippen molar-refractivity contribution >= 4 is 10.0 Å². The number of aliphatic hydroxyl groups is 1. The van der Waals surface area contributed by atoms with Gasteiger partial charge < -0.3 is 5.11 Å². The molecule has 2 fully saturated rings. The Bertz CT molecular complexity index is 596. The van der Waals surface area contributed by atoms with E-state index >= 15 is 0 Å². The first-order valence-corrected chi connectivity index (χ1v) is 9.11. The molecule has 21 heavy (non-hydrogen) atoms. The summed E-state index contributed by atoms with van der Waals surface area (Å²) in [5.74, 6) is 2.09. The minimum absolute atomic E-state index is 0.0681. The summed E-state index contributed by atoms with van der Waals surface area (Å²) >= 11 is 0. The maximum atomic E-state index is 12.6. The normalized spacial score (nSPS) is 28.4. The van der Waals surface area contributed by atoms with Crippen LogP contribution in [0.4, 0.5) is 0 Å². The molecular formula is C16H23NO3S. The number of fused-ring (bicyclic) bond motifs is 2. The summed E-state index contributed by atoms with van der Waals surface area (Å²) in [7, 11) is -1.73. The lowest BCUT2D eigenvalue weighted by molar-refractivity contribution is 0.280. The second kappa shape index (κ2) is 5.71. The van der Waals surface area contributed by atoms with E-state index in [1.807, 2.05) is 0 Å². The Kier molecular flexibility index (Phi) is 4.08. The van der Waals surface area contributed by atoms with Gasteiger partial charge in [0.1, 0.15) is 0 Å². The highest BCUT2D eigenvalue weighted by atomic mass is 32.2. The van der Waals surface area contributed by atoms with E-state index < -0.39 is 10.0 Å². The molecule has 2 aliphatic rings. The van der Waals surface area contributed by atoms with Crippen LogP contribution in [0.3, 0.4) is 0 Å². The Morgan fingerprint density at radius 2 is 1.90 bits per heavy atom. The molecule has 3 unspecified atom stereocenters. The molecule has 3 atom stereocenters. The monoisotopic (exact) mass is 309 g/mol. The molecule has 5 heteroatoms. The lowest BCUT2D eigenvalue weighted by Gasteiger charge is -2.26. The second-order valence-corrected chi connectivity index (χ2v) is 8.57. The van der Waals surface area contributed by atoms with E-state index in [0.29, 0.717) is 17.4 Å². The molecule has 0 amide bonds. The number of aliphatic hydroxyl groups excluding tert-OH is 1. The quantitative estimate of drug-likeness (QED) is 0.907. The molecule has 2 aliphatic carbocycles. The summed E-state index contributed by atoms with van der Waals surface area (Å²) < 4.78 is 26.7. The van der Waals surface area contributed by atoms with E-state index in [4.69, 9.17) is 5.11 Å². The summed E-state index contributed by atoms with van der Waals surface area (Å²) in [5, 5.41) is 9.03. The maximum absolute atomic E-state index is 12.6. The van der Waals surface area contributed by atoms with Crippen LogP contribution in [0.25, 0.3) is 0 Å². The molecule has 0 radical (unpaired) electrons. The van der Waals surface area contributed by atoms with Gasteiger partial charge in [0.25, 0.3) is 0 Å². The average Bonchev–Trinajstić information content (AvgIpc) is 3.09. The summed E-state index contributed by atoms with van der Waals surface area (Å²) in [6.07, 6.45) is 5.09. The van der Waals surface area contributed by atoms with Gasteiger partial charge in [-0.1, -0.05) is 18.6 Å². The van der Waals surface area contributed by atoms with E-state index in [-0.39, 0.29) is 6.61 Å². The van der Waals surface area contributed by atoms with Crippen molar-refractivity contribution in [2.75, 3.05) is 13.6 Å². The molecule has 2 bridgehead atoms. The van der Waals surface area contributed by atoms with Gasteiger partial charge in [0.15, 0.2) is 0 Å². The molecule has 0 heterocycles. The Hall–Kier alpha value is -0.910. The third-order valence-electron chi connectivity index (χ3n) is 5.19. The molecule has 0 aliphatic heterocycles. The van der Waals surface area contributed by atoms with Gasteiger partial charge in [-0.25, -0.2) is 12.7 Å². The van der Waals surface area contributed by atoms with Crippen molar-refractivity contribution in [2.24, 2.45) is 17.8 Å². The van der Waals surface area contributed by atoms with Crippen molar-refractivity contribution in [3.8, 4) is 0 Å². The molecule has 116 valence electrons. The van der Waals surface area contributed by atoms with Crippen molar-refractivity contribution in [3.63, 3.8) is 0 Å². The number of benzene rings is 1. The lowest BCUT2D eigenvalue weighted by Crippen LogP contribution is -2.33. The topological polar surface area (TPSA) is 57.6 Å². The molecular weight excluding hydrogens is 286 g/mol. The Balaban J connectivity index is 1.71. The number of sulfonamides is 1. The molecule has 4 nitrogen and oxygen atoms in total. The van der Waals surface area contributed by atoms with Gasteiger partial charge >= 0.3 is 0 Å². The van der Waals surface area contributed by atoms with Gasteiger partial charge in [0.2, 0.25) is 10.0 Å². The molecule has 0 spiro atoms. The van der Waals surface area contributed by atoms with Gasteiger partial charge in [-0.2, -0.15) is 0 Å². The van der Waals surface area contributed by atoms with E-state index in [2.05, 4.69) is 0 Å². The lowest BCUT2D eigenvalue weighted by atomic mass is 9.89. The highest BCUT2D eigenvalue weighted by Gasteiger charge is 2.40. The van der Waals surface area contributed by atoms with E-state index in [9.17, 15) is 8.42 Å². The van der Waals surface area contributed by atoms with Gasteiger partial charge in [-0.05, 0) is 54.7 Å². The summed E-state index contributed by atoms with van der Waals surface area (Å²) in [6.45, 7) is 0.562. The summed E-state index contributed by atoms with van der Waals surface area (Å²) in [5.41, 5.74) is 0.727.